The molecule has 1 aliphatic carbocycles. The van der Waals surface area contributed by atoms with Gasteiger partial charge in [-0.2, -0.15) is 17.0 Å². The molecular weight excluding hydrogens is 324 g/mol. The van der Waals surface area contributed by atoms with Crippen molar-refractivity contribution in [2.75, 3.05) is 13.1 Å². The molecule has 3 rings (SSSR count). The molecule has 1 aromatic carbocycles. The lowest BCUT2D eigenvalue weighted by atomic mass is 10.2. The molecule has 0 N–H and O–H groups in total. The first-order chi connectivity index (χ1) is 11.4. The molecule has 1 aromatic rings. The first kappa shape index (κ1) is 17.9. The third-order valence-electron chi connectivity index (χ3n) is 4.95. The summed E-state index contributed by atoms with van der Waals surface area (Å²) in [5.74, 6) is 0.486. The molecule has 1 saturated carbocycles. The number of morpholine rings is 1. The van der Waals surface area contributed by atoms with Crippen LogP contribution in [0.5, 0.6) is 0 Å². The molecule has 0 amide bonds. The second-order valence-corrected chi connectivity index (χ2v) is 9.07. The van der Waals surface area contributed by atoms with Gasteiger partial charge >= 0.3 is 0 Å². The number of rotatable bonds is 6. The fraction of sp³-hybridized carbons (Fsp3) is 0.667. The highest BCUT2D eigenvalue weighted by Gasteiger charge is 2.42. The first-order valence-electron chi connectivity index (χ1n) is 8.84. The number of nitrogens with zero attached hydrogens (tertiary/aromatic N) is 2. The van der Waals surface area contributed by atoms with Crippen molar-refractivity contribution < 1.29 is 13.2 Å². The Hall–Kier alpha value is -0.950. The van der Waals surface area contributed by atoms with Crippen LogP contribution in [0.4, 0.5) is 0 Å². The Morgan fingerprint density at radius 2 is 1.75 bits per heavy atom. The normalized spacial score (nSPS) is 27.3. The predicted octanol–water partition coefficient (Wildman–Crippen LogP) is 2.64. The SMILES string of the molecule is CC1CN(S(=O)(=O)N(Cc2ccccc2)C(C)C2CC2)CC(C)O1. The van der Waals surface area contributed by atoms with Crippen molar-refractivity contribution in [3.63, 3.8) is 0 Å². The summed E-state index contributed by atoms with van der Waals surface area (Å²) >= 11 is 0. The number of benzene rings is 1. The molecule has 2 aliphatic rings. The fourth-order valence-corrected chi connectivity index (χ4v) is 5.48. The van der Waals surface area contributed by atoms with Crippen molar-refractivity contribution in [1.29, 1.82) is 0 Å². The number of hydrogen-bond acceptors (Lipinski definition) is 3. The van der Waals surface area contributed by atoms with Gasteiger partial charge in [0, 0.05) is 25.7 Å². The van der Waals surface area contributed by atoms with Crippen LogP contribution in [0.25, 0.3) is 0 Å². The zero-order valence-electron chi connectivity index (χ0n) is 14.8. The molecular formula is C18H28N2O3S. The summed E-state index contributed by atoms with van der Waals surface area (Å²) in [6, 6.07) is 9.89. The highest BCUT2D eigenvalue weighted by molar-refractivity contribution is 7.86. The van der Waals surface area contributed by atoms with E-state index in [-0.39, 0.29) is 18.2 Å². The summed E-state index contributed by atoms with van der Waals surface area (Å²) < 4.78 is 35.7. The molecule has 6 heteroatoms. The second-order valence-electron chi connectivity index (χ2n) is 7.19. The maximum atomic E-state index is 13.4. The van der Waals surface area contributed by atoms with Gasteiger partial charge in [-0.15, -0.1) is 0 Å². The van der Waals surface area contributed by atoms with E-state index in [0.717, 1.165) is 18.4 Å². The zero-order valence-corrected chi connectivity index (χ0v) is 15.6. The lowest BCUT2D eigenvalue weighted by molar-refractivity contribution is -0.0458. The average molecular weight is 353 g/mol. The van der Waals surface area contributed by atoms with Crippen LogP contribution in [-0.4, -0.2) is 48.4 Å². The Kier molecular flexibility index (Phi) is 5.30. The van der Waals surface area contributed by atoms with E-state index in [1.54, 1.807) is 8.61 Å². The van der Waals surface area contributed by atoms with Gasteiger partial charge in [-0.25, -0.2) is 0 Å². The zero-order chi connectivity index (χ0) is 17.3. The molecule has 0 radical (unpaired) electrons. The lowest BCUT2D eigenvalue weighted by Crippen LogP contribution is -2.54. The maximum Gasteiger partial charge on any atom is 0.282 e. The summed E-state index contributed by atoms with van der Waals surface area (Å²) in [5.41, 5.74) is 1.03. The number of ether oxygens (including phenoxy) is 1. The van der Waals surface area contributed by atoms with Crippen molar-refractivity contribution in [2.45, 2.75) is 58.4 Å². The average Bonchev–Trinajstić information content (AvgIpc) is 3.37. The van der Waals surface area contributed by atoms with Gasteiger partial charge in [-0.05, 0) is 45.1 Å². The molecule has 1 saturated heterocycles. The molecule has 5 nitrogen and oxygen atoms in total. The van der Waals surface area contributed by atoms with Crippen molar-refractivity contribution in [3.05, 3.63) is 35.9 Å². The van der Waals surface area contributed by atoms with Gasteiger partial charge in [0.05, 0.1) is 12.2 Å². The number of hydrogen-bond donors (Lipinski definition) is 0. The van der Waals surface area contributed by atoms with Crippen LogP contribution in [0.1, 0.15) is 39.2 Å². The van der Waals surface area contributed by atoms with Crippen molar-refractivity contribution in [3.8, 4) is 0 Å². The van der Waals surface area contributed by atoms with Gasteiger partial charge in [0.2, 0.25) is 0 Å². The molecule has 2 fully saturated rings. The second kappa shape index (κ2) is 7.12. The molecule has 3 atom stereocenters. The minimum atomic E-state index is -3.51. The first-order valence-corrected chi connectivity index (χ1v) is 10.2. The Morgan fingerprint density at radius 3 is 2.29 bits per heavy atom. The van der Waals surface area contributed by atoms with Crippen LogP contribution in [0.3, 0.4) is 0 Å². The summed E-state index contributed by atoms with van der Waals surface area (Å²) in [5, 5.41) is 0. The Morgan fingerprint density at radius 1 is 1.17 bits per heavy atom. The molecule has 1 aliphatic heterocycles. The third kappa shape index (κ3) is 3.99. The van der Waals surface area contributed by atoms with Crippen LogP contribution in [0.2, 0.25) is 0 Å². The van der Waals surface area contributed by atoms with Crippen molar-refractivity contribution in [2.24, 2.45) is 5.92 Å². The molecule has 134 valence electrons. The van der Waals surface area contributed by atoms with Gasteiger partial charge < -0.3 is 4.74 Å². The van der Waals surface area contributed by atoms with Crippen molar-refractivity contribution >= 4 is 10.2 Å². The lowest BCUT2D eigenvalue weighted by Gasteiger charge is -2.39. The molecule has 0 bridgehead atoms. The van der Waals surface area contributed by atoms with Crippen LogP contribution in [0, 0.1) is 5.92 Å². The van der Waals surface area contributed by atoms with E-state index in [1.165, 1.54) is 0 Å². The molecule has 3 unspecified atom stereocenters. The maximum absolute atomic E-state index is 13.4. The Labute approximate surface area is 145 Å². The largest absolute Gasteiger partial charge is 0.373 e. The molecule has 1 heterocycles. The van der Waals surface area contributed by atoms with E-state index < -0.39 is 10.2 Å². The fourth-order valence-electron chi connectivity index (χ4n) is 3.48. The Balaban J connectivity index is 1.85. The van der Waals surface area contributed by atoms with Gasteiger partial charge in [-0.3, -0.25) is 0 Å². The Bertz CT molecular complexity index is 635. The van der Waals surface area contributed by atoms with Crippen LogP contribution < -0.4 is 0 Å². The summed E-state index contributed by atoms with van der Waals surface area (Å²) in [4.78, 5) is 0. The van der Waals surface area contributed by atoms with E-state index in [1.807, 2.05) is 51.1 Å². The molecule has 0 spiro atoms. The topological polar surface area (TPSA) is 49.9 Å². The van der Waals surface area contributed by atoms with Gasteiger partial charge in [0.15, 0.2) is 0 Å². The van der Waals surface area contributed by atoms with E-state index in [9.17, 15) is 8.42 Å². The molecule has 24 heavy (non-hydrogen) atoms. The van der Waals surface area contributed by atoms with Gasteiger partial charge in [-0.1, -0.05) is 30.3 Å². The minimum Gasteiger partial charge on any atom is -0.373 e. The predicted molar refractivity (Wildman–Crippen MR) is 94.7 cm³/mol. The summed E-state index contributed by atoms with van der Waals surface area (Å²) in [6.07, 6.45) is 2.10. The van der Waals surface area contributed by atoms with Gasteiger partial charge in [0.1, 0.15) is 0 Å². The minimum absolute atomic E-state index is 0.0312. The van der Waals surface area contributed by atoms with Crippen LogP contribution in [-0.2, 0) is 21.5 Å². The van der Waals surface area contributed by atoms with Crippen LogP contribution >= 0.6 is 0 Å². The smallest absolute Gasteiger partial charge is 0.282 e. The third-order valence-corrected chi connectivity index (χ3v) is 6.95. The van der Waals surface area contributed by atoms with E-state index in [0.29, 0.717) is 25.6 Å². The highest BCUT2D eigenvalue weighted by Crippen LogP contribution is 2.37. The van der Waals surface area contributed by atoms with Crippen LogP contribution in [0.15, 0.2) is 30.3 Å². The summed E-state index contributed by atoms with van der Waals surface area (Å²) in [7, 11) is -3.51. The highest BCUT2D eigenvalue weighted by atomic mass is 32.2. The van der Waals surface area contributed by atoms with E-state index >= 15 is 0 Å². The standard InChI is InChI=1S/C18H28N2O3S/c1-14-11-19(12-15(2)23-14)24(21,22)20(16(3)18-9-10-18)13-17-7-5-4-6-8-17/h4-8,14-16,18H,9-13H2,1-3H3. The molecule has 0 aromatic heterocycles. The van der Waals surface area contributed by atoms with Gasteiger partial charge in [0.25, 0.3) is 10.2 Å². The quantitative estimate of drug-likeness (QED) is 0.791. The monoisotopic (exact) mass is 352 g/mol. The van der Waals surface area contributed by atoms with Crippen molar-refractivity contribution in [1.82, 2.24) is 8.61 Å². The summed E-state index contributed by atoms with van der Waals surface area (Å²) in [6.45, 7) is 7.20. The van der Waals surface area contributed by atoms with E-state index in [2.05, 4.69) is 0 Å². The van der Waals surface area contributed by atoms with E-state index in [4.69, 9.17) is 4.74 Å².